The second-order valence-electron chi connectivity index (χ2n) is 6.53. The Hall–Kier alpha value is -2.62. The van der Waals surface area contributed by atoms with Crippen LogP contribution in [0.3, 0.4) is 0 Å². The van der Waals surface area contributed by atoms with E-state index in [1.165, 1.54) is 5.56 Å². The van der Waals surface area contributed by atoms with E-state index in [1.807, 2.05) is 53.4 Å². The van der Waals surface area contributed by atoms with Gasteiger partial charge in [0.2, 0.25) is 11.8 Å². The van der Waals surface area contributed by atoms with Crippen LogP contribution in [0.1, 0.15) is 24.0 Å². The van der Waals surface area contributed by atoms with E-state index in [-0.39, 0.29) is 24.3 Å². The molecule has 4 heteroatoms. The summed E-state index contributed by atoms with van der Waals surface area (Å²) in [5.74, 6) is 0.101. The van der Waals surface area contributed by atoms with E-state index in [0.717, 1.165) is 24.8 Å². The third-order valence-electron chi connectivity index (χ3n) is 4.44. The Labute approximate surface area is 148 Å². The molecule has 130 valence electrons. The van der Waals surface area contributed by atoms with Crippen LogP contribution in [0.4, 0.5) is 0 Å². The second-order valence-corrected chi connectivity index (χ2v) is 6.53. The highest BCUT2D eigenvalue weighted by molar-refractivity contribution is 5.86. The number of hydrogen-bond acceptors (Lipinski definition) is 2. The molecule has 0 heterocycles. The Morgan fingerprint density at radius 3 is 2.12 bits per heavy atom. The van der Waals surface area contributed by atoms with Crippen molar-refractivity contribution in [3.63, 3.8) is 0 Å². The van der Waals surface area contributed by atoms with Gasteiger partial charge in [0, 0.05) is 19.0 Å². The molecule has 0 aliphatic heterocycles. The quantitative estimate of drug-likeness (QED) is 0.806. The van der Waals surface area contributed by atoms with Crippen LogP contribution in [0.15, 0.2) is 60.7 Å². The van der Waals surface area contributed by atoms with Gasteiger partial charge in [0.15, 0.2) is 0 Å². The number of rotatable bonds is 8. The molecule has 0 unspecified atom stereocenters. The van der Waals surface area contributed by atoms with Crippen molar-refractivity contribution < 1.29 is 9.59 Å². The molecule has 1 N–H and O–H groups in total. The van der Waals surface area contributed by atoms with Crippen molar-refractivity contribution in [2.24, 2.45) is 5.92 Å². The maximum absolute atomic E-state index is 12.6. The van der Waals surface area contributed by atoms with Crippen LogP contribution in [0.25, 0.3) is 0 Å². The summed E-state index contributed by atoms with van der Waals surface area (Å²) in [6, 6.07) is 20.1. The smallest absolute Gasteiger partial charge is 0.242 e. The zero-order valence-electron chi connectivity index (χ0n) is 14.4. The summed E-state index contributed by atoms with van der Waals surface area (Å²) in [4.78, 5) is 26.2. The van der Waals surface area contributed by atoms with Gasteiger partial charge in [0.25, 0.3) is 0 Å². The normalized spacial score (nSPS) is 13.3. The predicted molar refractivity (Wildman–Crippen MR) is 97.7 cm³/mol. The molecular formula is C21H24N2O2. The van der Waals surface area contributed by atoms with Crippen molar-refractivity contribution in [1.29, 1.82) is 0 Å². The Kier molecular flexibility index (Phi) is 5.83. The summed E-state index contributed by atoms with van der Waals surface area (Å²) in [5, 5.41) is 2.78. The minimum absolute atomic E-state index is 0.0103. The van der Waals surface area contributed by atoms with E-state index in [4.69, 9.17) is 0 Å². The number of amides is 2. The number of carbonyl (C=O) groups excluding carboxylic acids is 2. The SMILES string of the molecule is O=C(NCC(=O)N(CCc1ccccc1)Cc1ccccc1)C1CC1. The van der Waals surface area contributed by atoms with Crippen LogP contribution < -0.4 is 5.32 Å². The Balaban J connectivity index is 1.60. The van der Waals surface area contributed by atoms with E-state index in [2.05, 4.69) is 17.4 Å². The van der Waals surface area contributed by atoms with Gasteiger partial charge in [-0.05, 0) is 30.4 Å². The Morgan fingerprint density at radius 1 is 0.920 bits per heavy atom. The molecule has 1 fully saturated rings. The Bertz CT molecular complexity index is 696. The second kappa shape index (κ2) is 8.47. The van der Waals surface area contributed by atoms with Crippen LogP contribution in [0.5, 0.6) is 0 Å². The number of benzene rings is 2. The van der Waals surface area contributed by atoms with E-state index in [1.54, 1.807) is 0 Å². The fraction of sp³-hybridized carbons (Fsp3) is 0.333. The standard InChI is InChI=1S/C21H24N2O2/c24-20(15-22-21(25)19-11-12-19)23(16-18-9-5-2-6-10-18)14-13-17-7-3-1-4-8-17/h1-10,19H,11-16H2,(H,22,25). The minimum atomic E-state index is -0.0335. The first-order valence-electron chi connectivity index (χ1n) is 8.86. The lowest BCUT2D eigenvalue weighted by Crippen LogP contribution is -2.41. The molecule has 1 aliphatic carbocycles. The molecule has 0 saturated heterocycles. The predicted octanol–water partition coefficient (Wildman–Crippen LogP) is 2.78. The summed E-state index contributed by atoms with van der Waals surface area (Å²) in [6.45, 7) is 1.28. The van der Waals surface area contributed by atoms with Crippen LogP contribution in [-0.4, -0.2) is 29.8 Å². The molecular weight excluding hydrogens is 312 g/mol. The lowest BCUT2D eigenvalue weighted by Gasteiger charge is -2.23. The van der Waals surface area contributed by atoms with E-state index in [0.29, 0.717) is 13.1 Å². The zero-order chi connectivity index (χ0) is 17.5. The third-order valence-corrected chi connectivity index (χ3v) is 4.44. The van der Waals surface area contributed by atoms with E-state index in [9.17, 15) is 9.59 Å². The summed E-state index contributed by atoms with van der Waals surface area (Å²) >= 11 is 0. The Morgan fingerprint density at radius 2 is 1.52 bits per heavy atom. The van der Waals surface area contributed by atoms with Crippen molar-refractivity contribution >= 4 is 11.8 Å². The van der Waals surface area contributed by atoms with Crippen LogP contribution in [-0.2, 0) is 22.6 Å². The average Bonchev–Trinajstić information content (AvgIpc) is 3.50. The molecule has 25 heavy (non-hydrogen) atoms. The van der Waals surface area contributed by atoms with Crippen LogP contribution in [0, 0.1) is 5.92 Å². The molecule has 0 aromatic heterocycles. The monoisotopic (exact) mass is 336 g/mol. The molecule has 2 aromatic rings. The highest BCUT2D eigenvalue weighted by Crippen LogP contribution is 2.28. The first-order chi connectivity index (χ1) is 12.2. The first-order valence-corrected chi connectivity index (χ1v) is 8.86. The molecule has 0 radical (unpaired) electrons. The van der Waals surface area contributed by atoms with Crippen molar-refractivity contribution in [2.45, 2.75) is 25.8 Å². The van der Waals surface area contributed by atoms with Gasteiger partial charge in [-0.3, -0.25) is 9.59 Å². The number of nitrogens with zero attached hydrogens (tertiary/aromatic N) is 1. The van der Waals surface area contributed by atoms with Gasteiger partial charge >= 0.3 is 0 Å². The van der Waals surface area contributed by atoms with Crippen LogP contribution in [0.2, 0.25) is 0 Å². The molecule has 2 amide bonds. The molecule has 2 aromatic carbocycles. The van der Waals surface area contributed by atoms with Crippen LogP contribution >= 0.6 is 0 Å². The number of carbonyl (C=O) groups is 2. The van der Waals surface area contributed by atoms with Crippen molar-refractivity contribution in [3.05, 3.63) is 71.8 Å². The summed E-state index contributed by atoms with van der Waals surface area (Å²) in [7, 11) is 0. The topological polar surface area (TPSA) is 49.4 Å². The molecule has 0 bridgehead atoms. The van der Waals surface area contributed by atoms with E-state index < -0.39 is 0 Å². The van der Waals surface area contributed by atoms with Gasteiger partial charge in [-0.25, -0.2) is 0 Å². The molecule has 1 saturated carbocycles. The summed E-state index contributed by atoms with van der Waals surface area (Å²) in [5.41, 5.74) is 2.30. The molecule has 3 rings (SSSR count). The highest BCUT2D eigenvalue weighted by Gasteiger charge is 2.29. The third kappa shape index (κ3) is 5.45. The minimum Gasteiger partial charge on any atom is -0.347 e. The zero-order valence-corrected chi connectivity index (χ0v) is 14.4. The summed E-state index contributed by atoms with van der Waals surface area (Å²) in [6.07, 6.45) is 2.69. The van der Waals surface area contributed by atoms with Gasteiger partial charge in [-0.2, -0.15) is 0 Å². The average molecular weight is 336 g/mol. The van der Waals surface area contributed by atoms with Gasteiger partial charge in [-0.15, -0.1) is 0 Å². The van der Waals surface area contributed by atoms with Gasteiger partial charge < -0.3 is 10.2 Å². The fourth-order valence-corrected chi connectivity index (χ4v) is 2.77. The van der Waals surface area contributed by atoms with Crippen molar-refractivity contribution in [3.8, 4) is 0 Å². The van der Waals surface area contributed by atoms with Crippen molar-refractivity contribution in [1.82, 2.24) is 10.2 Å². The largest absolute Gasteiger partial charge is 0.347 e. The molecule has 1 aliphatic rings. The first kappa shape index (κ1) is 17.2. The van der Waals surface area contributed by atoms with Gasteiger partial charge in [0.05, 0.1) is 6.54 Å². The summed E-state index contributed by atoms with van der Waals surface area (Å²) < 4.78 is 0. The van der Waals surface area contributed by atoms with E-state index >= 15 is 0 Å². The molecule has 0 atom stereocenters. The highest BCUT2D eigenvalue weighted by atomic mass is 16.2. The molecule has 4 nitrogen and oxygen atoms in total. The number of hydrogen-bond donors (Lipinski definition) is 1. The lowest BCUT2D eigenvalue weighted by molar-refractivity contribution is -0.133. The lowest BCUT2D eigenvalue weighted by atomic mass is 10.1. The number of nitrogens with one attached hydrogen (secondary N) is 1. The fourth-order valence-electron chi connectivity index (χ4n) is 2.77. The van der Waals surface area contributed by atoms with Gasteiger partial charge in [-0.1, -0.05) is 60.7 Å². The van der Waals surface area contributed by atoms with Gasteiger partial charge in [0.1, 0.15) is 0 Å². The van der Waals surface area contributed by atoms with Crippen molar-refractivity contribution in [2.75, 3.05) is 13.1 Å². The maximum atomic E-state index is 12.6. The molecule has 0 spiro atoms. The maximum Gasteiger partial charge on any atom is 0.242 e.